The first-order valence-corrected chi connectivity index (χ1v) is 10.9. The zero-order valence-corrected chi connectivity index (χ0v) is 21.1. The Bertz CT molecular complexity index is 961. The molecule has 1 unspecified atom stereocenters. The molecule has 13 heteroatoms. The summed E-state index contributed by atoms with van der Waals surface area (Å²) in [7, 11) is 1.08. The lowest BCUT2D eigenvalue weighted by atomic mass is 9.97. The Balaban J connectivity index is 2.53. The fourth-order valence-electron chi connectivity index (χ4n) is 3.14. The maximum Gasteiger partial charge on any atom is 0.339 e. The second kappa shape index (κ2) is 12.0. The average Bonchev–Trinajstić information content (AvgIpc) is 2.69. The molecule has 186 valence electrons. The van der Waals surface area contributed by atoms with E-state index in [1.807, 2.05) is 22.6 Å². The Hall–Kier alpha value is -2.94. The predicted molar refractivity (Wildman–Crippen MR) is 118 cm³/mol. The van der Waals surface area contributed by atoms with Crippen molar-refractivity contribution < 1.29 is 57.1 Å². The molecule has 0 aliphatic carbocycles. The van der Waals surface area contributed by atoms with Gasteiger partial charge in [-0.05, 0) is 34.7 Å². The second-order valence-electron chi connectivity index (χ2n) is 7.00. The molecule has 34 heavy (non-hydrogen) atoms. The normalized spacial score (nSPS) is 23.8. The van der Waals surface area contributed by atoms with E-state index >= 15 is 0 Å². The number of methoxy groups -OCH3 is 1. The first-order chi connectivity index (χ1) is 15.9. The number of rotatable bonds is 7. The molecule has 5 atom stereocenters. The minimum atomic E-state index is -1.59. The highest BCUT2D eigenvalue weighted by molar-refractivity contribution is 14.1. The third-order valence-corrected chi connectivity index (χ3v) is 4.82. The predicted octanol–water partition coefficient (Wildman–Crippen LogP) is 1.29. The Kier molecular flexibility index (Phi) is 9.61. The van der Waals surface area contributed by atoms with E-state index in [1.54, 1.807) is 12.1 Å². The van der Waals surface area contributed by atoms with Gasteiger partial charge in [0.15, 0.2) is 18.3 Å². The Morgan fingerprint density at radius 1 is 0.765 bits per heavy atom. The number of carbonyl (C=O) groups excluding carboxylic acids is 5. The van der Waals surface area contributed by atoms with Gasteiger partial charge < -0.3 is 33.2 Å². The molecular weight excluding hydrogens is 571 g/mol. The summed E-state index contributed by atoms with van der Waals surface area (Å²) < 4.78 is 37.7. The molecule has 0 radical (unpaired) electrons. The Morgan fingerprint density at radius 2 is 1.29 bits per heavy atom. The molecule has 0 saturated carbocycles. The van der Waals surface area contributed by atoms with E-state index in [0.29, 0.717) is 3.57 Å². The highest BCUT2D eigenvalue weighted by atomic mass is 127. The van der Waals surface area contributed by atoms with Crippen molar-refractivity contribution in [3.05, 3.63) is 21.8 Å². The van der Waals surface area contributed by atoms with Gasteiger partial charge in [-0.15, -0.1) is 0 Å². The van der Waals surface area contributed by atoms with Gasteiger partial charge in [-0.1, -0.05) is 0 Å². The zero-order chi connectivity index (χ0) is 25.6. The van der Waals surface area contributed by atoms with E-state index < -0.39 is 60.6 Å². The number of halogens is 1. The summed E-state index contributed by atoms with van der Waals surface area (Å²) in [5.41, 5.74) is 0. The van der Waals surface area contributed by atoms with Crippen LogP contribution in [0.1, 0.15) is 27.7 Å². The molecule has 0 bridgehead atoms. The summed E-state index contributed by atoms with van der Waals surface area (Å²) in [6.45, 7) is 4.48. The molecule has 2 rings (SSSR count). The van der Waals surface area contributed by atoms with Crippen LogP contribution in [0.4, 0.5) is 0 Å². The summed E-state index contributed by atoms with van der Waals surface area (Å²) >= 11 is 1.96. The van der Waals surface area contributed by atoms with E-state index in [9.17, 15) is 24.0 Å². The van der Waals surface area contributed by atoms with Crippen molar-refractivity contribution in [3.63, 3.8) is 0 Å². The monoisotopic (exact) mass is 594 g/mol. The maximum absolute atomic E-state index is 12.4. The Labute approximate surface area is 208 Å². The van der Waals surface area contributed by atoms with Gasteiger partial charge in [0.25, 0.3) is 0 Å². The van der Waals surface area contributed by atoms with Crippen LogP contribution >= 0.6 is 22.6 Å². The number of hydrogen-bond acceptors (Lipinski definition) is 12. The summed E-state index contributed by atoms with van der Waals surface area (Å²) in [6.07, 6.45) is -7.56. The number of ether oxygens (including phenoxy) is 7. The summed E-state index contributed by atoms with van der Waals surface area (Å²) in [5, 5.41) is 0. The van der Waals surface area contributed by atoms with Crippen LogP contribution in [0.15, 0.2) is 18.2 Å². The van der Waals surface area contributed by atoms with E-state index in [-0.39, 0.29) is 11.5 Å². The van der Waals surface area contributed by atoms with Gasteiger partial charge >= 0.3 is 29.8 Å². The van der Waals surface area contributed by atoms with E-state index in [2.05, 4.69) is 0 Å². The molecule has 1 aliphatic heterocycles. The highest BCUT2D eigenvalue weighted by Crippen LogP contribution is 2.33. The van der Waals surface area contributed by atoms with Crippen LogP contribution in [0.5, 0.6) is 11.5 Å². The third-order valence-electron chi connectivity index (χ3n) is 4.19. The molecule has 1 aromatic rings. The first kappa shape index (κ1) is 27.3. The number of carbonyl (C=O) groups is 5. The van der Waals surface area contributed by atoms with Crippen LogP contribution in [0.3, 0.4) is 0 Å². The first-order valence-electron chi connectivity index (χ1n) is 9.81. The summed E-state index contributed by atoms with van der Waals surface area (Å²) in [4.78, 5) is 59.2. The van der Waals surface area contributed by atoms with Gasteiger partial charge in [-0.25, -0.2) is 4.79 Å². The number of hydrogen-bond donors (Lipinski definition) is 0. The van der Waals surface area contributed by atoms with Crippen LogP contribution in [0.2, 0.25) is 0 Å². The standard InChI is InChI=1S/C21H23IO12/c1-9(23)29-14-6-13(22)7-15(8-14)33-21-19(32-12(4)26)17(31-11(3)25)16(30-10(2)24)18(34-21)20(27)28-5/h6-8,16-19,21H,1-5H3/t16-,17+,18?,19+,21-/m0/s1. The lowest BCUT2D eigenvalue weighted by Gasteiger charge is -2.43. The van der Waals surface area contributed by atoms with E-state index in [1.165, 1.54) is 13.0 Å². The molecule has 0 aromatic heterocycles. The van der Waals surface area contributed by atoms with Crippen LogP contribution in [0, 0.1) is 3.57 Å². The molecule has 0 amide bonds. The quantitative estimate of drug-likeness (QED) is 0.194. The minimum absolute atomic E-state index is 0.112. The fraction of sp³-hybridized carbons (Fsp3) is 0.476. The molecule has 12 nitrogen and oxygen atoms in total. The van der Waals surface area contributed by atoms with Crippen molar-refractivity contribution in [3.8, 4) is 11.5 Å². The zero-order valence-electron chi connectivity index (χ0n) is 18.9. The molecule has 1 aromatic carbocycles. The van der Waals surface area contributed by atoms with E-state index in [4.69, 9.17) is 33.2 Å². The smallest absolute Gasteiger partial charge is 0.339 e. The third kappa shape index (κ3) is 7.55. The molecule has 0 N–H and O–H groups in total. The summed E-state index contributed by atoms with van der Waals surface area (Å²) in [6, 6.07) is 4.48. The van der Waals surface area contributed by atoms with Crippen molar-refractivity contribution in [2.75, 3.05) is 7.11 Å². The fourth-order valence-corrected chi connectivity index (χ4v) is 3.75. The topological polar surface area (TPSA) is 150 Å². The van der Waals surface area contributed by atoms with Gasteiger partial charge in [-0.3, -0.25) is 19.2 Å². The Morgan fingerprint density at radius 3 is 1.82 bits per heavy atom. The lowest BCUT2D eigenvalue weighted by Crippen LogP contribution is -2.64. The van der Waals surface area contributed by atoms with Crippen molar-refractivity contribution in [1.29, 1.82) is 0 Å². The molecular formula is C21H23IO12. The van der Waals surface area contributed by atoms with Crippen molar-refractivity contribution in [1.82, 2.24) is 0 Å². The van der Waals surface area contributed by atoms with Gasteiger partial charge in [0.1, 0.15) is 11.5 Å². The summed E-state index contributed by atoms with van der Waals surface area (Å²) in [5.74, 6) is -3.67. The van der Waals surface area contributed by atoms with Crippen molar-refractivity contribution >= 4 is 52.4 Å². The molecule has 0 spiro atoms. The highest BCUT2D eigenvalue weighted by Gasteiger charge is 2.55. The largest absolute Gasteiger partial charge is 0.467 e. The molecule has 1 heterocycles. The van der Waals surface area contributed by atoms with Gasteiger partial charge in [0, 0.05) is 37.3 Å². The van der Waals surface area contributed by atoms with Gasteiger partial charge in [0.05, 0.1) is 7.11 Å². The number of benzene rings is 1. The molecule has 1 aliphatic rings. The number of esters is 5. The van der Waals surface area contributed by atoms with Crippen LogP contribution in [-0.4, -0.2) is 67.7 Å². The molecule has 1 saturated heterocycles. The van der Waals surface area contributed by atoms with Crippen LogP contribution < -0.4 is 9.47 Å². The second-order valence-corrected chi connectivity index (χ2v) is 8.25. The SMILES string of the molecule is COC(=O)C1O[C@H](Oc2cc(I)cc(OC(C)=O)c2)[C@H](OC(C)=O)[C@H](OC(C)=O)[C@@H]1OC(C)=O. The average molecular weight is 594 g/mol. The van der Waals surface area contributed by atoms with Gasteiger partial charge in [-0.2, -0.15) is 0 Å². The van der Waals surface area contributed by atoms with Gasteiger partial charge in [0.2, 0.25) is 12.4 Å². The lowest BCUT2D eigenvalue weighted by molar-refractivity contribution is -0.282. The van der Waals surface area contributed by atoms with E-state index in [0.717, 1.165) is 27.9 Å². The minimum Gasteiger partial charge on any atom is -0.467 e. The van der Waals surface area contributed by atoms with Crippen LogP contribution in [-0.2, 0) is 47.7 Å². The maximum atomic E-state index is 12.4. The van der Waals surface area contributed by atoms with Crippen LogP contribution in [0.25, 0.3) is 0 Å². The van der Waals surface area contributed by atoms with Crippen molar-refractivity contribution in [2.45, 2.75) is 58.4 Å². The molecule has 1 fully saturated rings. The van der Waals surface area contributed by atoms with Crippen molar-refractivity contribution in [2.24, 2.45) is 0 Å².